The molecule has 0 amide bonds. The van der Waals surface area contributed by atoms with Crippen molar-refractivity contribution in [2.45, 2.75) is 6.17 Å². The lowest BCUT2D eigenvalue weighted by atomic mass is 9.96. The second-order valence-corrected chi connectivity index (χ2v) is 16.1. The number of amidine groups is 2. The minimum atomic E-state index is -0.237. The zero-order valence-corrected chi connectivity index (χ0v) is 34.2. The van der Waals surface area contributed by atoms with E-state index in [0.29, 0.717) is 0 Å². The van der Waals surface area contributed by atoms with E-state index in [0.717, 1.165) is 78.2 Å². The number of rotatable bonds is 7. The molecule has 0 fully saturated rings. The lowest BCUT2D eigenvalue weighted by Gasteiger charge is -2.23. The molecule has 0 spiro atoms. The molecule has 9 aromatic carbocycles. The lowest BCUT2D eigenvalue weighted by molar-refractivity contribution is 0.674. The smallest absolute Gasteiger partial charge is 0.159 e. The molecule has 1 unspecified atom stereocenters. The lowest BCUT2D eigenvalue weighted by Crippen LogP contribution is -2.33. The molecule has 0 bridgehead atoms. The van der Waals surface area contributed by atoms with Crippen molar-refractivity contribution in [2.75, 3.05) is 0 Å². The number of hydrogen-bond donors (Lipinski definition) is 1. The Morgan fingerprint density at radius 3 is 1.63 bits per heavy atom. The Hall–Kier alpha value is -8.41. The molecular weight excluding hydrogens is 767 g/mol. The van der Waals surface area contributed by atoms with Gasteiger partial charge in [0.2, 0.25) is 0 Å². The van der Waals surface area contributed by atoms with Crippen molar-refractivity contribution in [1.82, 2.24) is 14.9 Å². The summed E-state index contributed by atoms with van der Waals surface area (Å²) in [5.41, 5.74) is 14.3. The maximum absolute atomic E-state index is 5.25. The third-order valence-corrected chi connectivity index (χ3v) is 12.2. The zero-order chi connectivity index (χ0) is 41.7. The highest BCUT2D eigenvalue weighted by Gasteiger charge is 2.22. The molecule has 296 valence electrons. The predicted molar refractivity (Wildman–Crippen MR) is 262 cm³/mol. The van der Waals surface area contributed by atoms with E-state index in [2.05, 4.69) is 198 Å². The summed E-state index contributed by atoms with van der Waals surface area (Å²) in [6.45, 7) is 0. The van der Waals surface area contributed by atoms with Crippen LogP contribution in [0, 0.1) is 0 Å². The largest absolute Gasteiger partial charge is 0.344 e. The number of aliphatic imine (C=N–C) groups is 2. The molecule has 0 saturated heterocycles. The molecule has 2 aromatic heterocycles. The van der Waals surface area contributed by atoms with E-state index in [9.17, 15) is 0 Å². The molecule has 1 N–H and O–H groups in total. The van der Waals surface area contributed by atoms with Crippen LogP contribution in [0.25, 0.3) is 82.7 Å². The van der Waals surface area contributed by atoms with Gasteiger partial charge in [-0.05, 0) is 75.7 Å². The van der Waals surface area contributed by atoms with Crippen LogP contribution < -0.4 is 5.32 Å². The average molecular weight is 806 g/mol. The van der Waals surface area contributed by atoms with Gasteiger partial charge in [-0.15, -0.1) is 0 Å². The summed E-state index contributed by atoms with van der Waals surface area (Å²) in [4.78, 5) is 15.2. The molecule has 63 heavy (non-hydrogen) atoms. The van der Waals surface area contributed by atoms with Crippen LogP contribution in [-0.4, -0.2) is 21.2 Å². The van der Waals surface area contributed by atoms with E-state index in [1.165, 1.54) is 32.8 Å². The summed E-state index contributed by atoms with van der Waals surface area (Å²) in [6, 6.07) is 79.5. The van der Waals surface area contributed by atoms with Crippen molar-refractivity contribution < 1.29 is 0 Å². The number of nitrogens with one attached hydrogen (secondary N) is 1. The molecule has 0 saturated carbocycles. The Balaban J connectivity index is 0.916. The van der Waals surface area contributed by atoms with Crippen LogP contribution in [0.3, 0.4) is 0 Å². The summed E-state index contributed by atoms with van der Waals surface area (Å²) in [5, 5.41) is 9.51. The highest BCUT2D eigenvalue weighted by molar-refractivity contribution is 6.20. The standard InChI is InChI=1S/C58H39N5/c1-5-15-41(16-6-1)55-51-37-54-50(36-48(51)47-23-13-14-24-52(47)59-55)49-35-45(33-34-53(49)63(54)46-21-11-4-12-22-46)40-27-25-38(26-28-40)39-29-31-44(32-30-39)58-61-56(42-17-7-2-8-18-42)60-57(62-58)43-19-9-3-10-20-43/h1-37,56H,(H,60,61,62). The van der Waals surface area contributed by atoms with E-state index in [1.54, 1.807) is 0 Å². The molecule has 5 heteroatoms. The first-order valence-electron chi connectivity index (χ1n) is 21.4. The SMILES string of the molecule is c1ccc(C2=NC(c3ccccc3)NC(c3ccc(-c4ccc(-c5ccc6c(c5)c5cc7c(cc5n6-c5ccccc5)c(-c5ccccc5)nc5ccccc57)cc4)cc3)=N2)cc1. The molecule has 12 rings (SSSR count). The monoisotopic (exact) mass is 805 g/mol. The fourth-order valence-corrected chi connectivity index (χ4v) is 9.11. The van der Waals surface area contributed by atoms with E-state index in [4.69, 9.17) is 15.0 Å². The minimum absolute atomic E-state index is 0.237. The summed E-state index contributed by atoms with van der Waals surface area (Å²) in [7, 11) is 0. The number of nitrogens with zero attached hydrogens (tertiary/aromatic N) is 4. The number of pyridine rings is 1. The number of para-hydroxylation sites is 2. The van der Waals surface area contributed by atoms with Crippen LogP contribution in [0.2, 0.25) is 0 Å². The third kappa shape index (κ3) is 6.55. The van der Waals surface area contributed by atoms with Crippen LogP contribution in [-0.2, 0) is 0 Å². The minimum Gasteiger partial charge on any atom is -0.344 e. The summed E-state index contributed by atoms with van der Waals surface area (Å²) >= 11 is 0. The maximum Gasteiger partial charge on any atom is 0.159 e. The first-order valence-corrected chi connectivity index (χ1v) is 21.4. The van der Waals surface area contributed by atoms with Crippen LogP contribution >= 0.6 is 0 Å². The first kappa shape index (κ1) is 36.4. The molecule has 0 aliphatic carbocycles. The van der Waals surface area contributed by atoms with Crippen molar-refractivity contribution in [3.05, 3.63) is 241 Å². The molecule has 1 atom stereocenters. The number of benzene rings is 9. The topological polar surface area (TPSA) is 54.6 Å². The van der Waals surface area contributed by atoms with Crippen molar-refractivity contribution in [2.24, 2.45) is 9.98 Å². The number of hydrogen-bond acceptors (Lipinski definition) is 4. The second kappa shape index (κ2) is 15.2. The third-order valence-electron chi connectivity index (χ3n) is 12.2. The highest BCUT2D eigenvalue weighted by Crippen LogP contribution is 2.41. The van der Waals surface area contributed by atoms with Gasteiger partial charge in [0.15, 0.2) is 5.84 Å². The van der Waals surface area contributed by atoms with Crippen LogP contribution in [0.1, 0.15) is 22.9 Å². The molecule has 3 heterocycles. The van der Waals surface area contributed by atoms with E-state index < -0.39 is 0 Å². The number of aromatic nitrogens is 2. The summed E-state index contributed by atoms with van der Waals surface area (Å²) < 4.78 is 2.40. The Labute approximate surface area is 365 Å². The van der Waals surface area contributed by atoms with Gasteiger partial charge in [-0.1, -0.05) is 182 Å². The first-order chi connectivity index (χ1) is 31.2. The van der Waals surface area contributed by atoms with Gasteiger partial charge in [-0.25, -0.2) is 15.0 Å². The average Bonchev–Trinajstić information content (AvgIpc) is 3.69. The Bertz CT molecular complexity index is 3540. The van der Waals surface area contributed by atoms with Gasteiger partial charge >= 0.3 is 0 Å². The van der Waals surface area contributed by atoms with E-state index >= 15 is 0 Å². The van der Waals surface area contributed by atoms with Crippen LogP contribution in [0.4, 0.5) is 0 Å². The fraction of sp³-hybridized carbons (Fsp3) is 0.0172. The fourth-order valence-electron chi connectivity index (χ4n) is 9.11. The summed E-state index contributed by atoms with van der Waals surface area (Å²) in [5.74, 6) is 1.52. The van der Waals surface area contributed by atoms with E-state index in [1.807, 2.05) is 36.4 Å². The maximum atomic E-state index is 5.25. The normalized spacial score (nSPS) is 13.9. The molecule has 5 nitrogen and oxygen atoms in total. The van der Waals surface area contributed by atoms with Gasteiger partial charge < -0.3 is 9.88 Å². The van der Waals surface area contributed by atoms with Gasteiger partial charge in [-0.2, -0.15) is 0 Å². The van der Waals surface area contributed by atoms with Crippen molar-refractivity contribution in [3.63, 3.8) is 0 Å². The van der Waals surface area contributed by atoms with Crippen molar-refractivity contribution >= 4 is 55.2 Å². The Morgan fingerprint density at radius 1 is 0.381 bits per heavy atom. The van der Waals surface area contributed by atoms with E-state index in [-0.39, 0.29) is 6.17 Å². The molecule has 1 aliphatic rings. The molecule has 0 radical (unpaired) electrons. The van der Waals surface area contributed by atoms with Gasteiger partial charge in [0.25, 0.3) is 0 Å². The Kier molecular flexibility index (Phi) is 8.82. The van der Waals surface area contributed by atoms with Crippen LogP contribution in [0.15, 0.2) is 234 Å². The van der Waals surface area contributed by atoms with Gasteiger partial charge in [-0.3, -0.25) is 0 Å². The second-order valence-electron chi connectivity index (χ2n) is 16.1. The van der Waals surface area contributed by atoms with Gasteiger partial charge in [0.05, 0.1) is 22.2 Å². The predicted octanol–water partition coefficient (Wildman–Crippen LogP) is 14.0. The van der Waals surface area contributed by atoms with Gasteiger partial charge in [0.1, 0.15) is 12.0 Å². The number of fused-ring (bicyclic) bond motifs is 6. The molecule has 11 aromatic rings. The quantitative estimate of drug-likeness (QED) is 0.163. The highest BCUT2D eigenvalue weighted by atomic mass is 15.2. The van der Waals surface area contributed by atoms with Gasteiger partial charge in [0, 0.05) is 43.9 Å². The molecular formula is C58H39N5. The summed E-state index contributed by atoms with van der Waals surface area (Å²) in [6.07, 6.45) is -0.237. The Morgan fingerprint density at radius 2 is 0.937 bits per heavy atom. The van der Waals surface area contributed by atoms with Crippen LogP contribution in [0.5, 0.6) is 0 Å². The molecule has 1 aliphatic heterocycles. The van der Waals surface area contributed by atoms with Crippen molar-refractivity contribution in [1.29, 1.82) is 0 Å². The zero-order valence-electron chi connectivity index (χ0n) is 34.2. The van der Waals surface area contributed by atoms with Crippen molar-refractivity contribution in [3.8, 4) is 39.2 Å².